The summed E-state index contributed by atoms with van der Waals surface area (Å²) < 4.78 is 5.62. The van der Waals surface area contributed by atoms with E-state index in [1.54, 1.807) is 36.2 Å². The normalized spacial score (nSPS) is 10.4. The fraction of sp³-hybridized carbons (Fsp3) is 0.300. The molecule has 5 nitrogen and oxygen atoms in total. The van der Waals surface area contributed by atoms with Gasteiger partial charge in [0.1, 0.15) is 5.75 Å². The highest BCUT2D eigenvalue weighted by atomic mass is 16.5. The van der Waals surface area contributed by atoms with Crippen LogP contribution in [0.5, 0.6) is 5.75 Å². The van der Waals surface area contributed by atoms with Gasteiger partial charge in [0.25, 0.3) is 11.8 Å². The molecule has 1 N–H and O–H groups in total. The van der Waals surface area contributed by atoms with Gasteiger partial charge in [0, 0.05) is 24.3 Å². The summed E-state index contributed by atoms with van der Waals surface area (Å²) in [6, 6.07) is 14.6. The predicted molar refractivity (Wildman–Crippen MR) is 99.1 cm³/mol. The zero-order chi connectivity index (χ0) is 18.4. The molecule has 0 saturated carbocycles. The summed E-state index contributed by atoms with van der Waals surface area (Å²) in [4.78, 5) is 26.1. The number of carbonyl (C=O) groups excluding carboxylic acids is 2. The first-order chi connectivity index (χ1) is 11.9. The topological polar surface area (TPSA) is 58.6 Å². The van der Waals surface area contributed by atoms with Gasteiger partial charge in [-0.2, -0.15) is 0 Å². The second-order valence-corrected chi connectivity index (χ2v) is 6.04. The van der Waals surface area contributed by atoms with Crippen LogP contribution in [0.15, 0.2) is 48.5 Å². The molecule has 2 aromatic rings. The highest BCUT2D eigenvalue weighted by Gasteiger charge is 2.21. The van der Waals surface area contributed by atoms with Crippen LogP contribution in [0.4, 0.5) is 5.69 Å². The highest BCUT2D eigenvalue weighted by molar-refractivity contribution is 5.96. The summed E-state index contributed by atoms with van der Waals surface area (Å²) in [5.74, 6) is 0.165. The number of aryl methyl sites for hydroxylation is 1. The molecule has 0 heterocycles. The Kier molecular flexibility index (Phi) is 6.17. The molecule has 0 aromatic heterocycles. The van der Waals surface area contributed by atoms with Crippen molar-refractivity contribution in [1.82, 2.24) is 5.32 Å². The number of nitrogens with one attached hydrogen (secondary N) is 1. The second kappa shape index (κ2) is 8.33. The minimum absolute atomic E-state index is 0.00871. The number of hydrogen-bond acceptors (Lipinski definition) is 3. The molecule has 2 amide bonds. The number of anilines is 1. The first kappa shape index (κ1) is 18.5. The van der Waals surface area contributed by atoms with Crippen LogP contribution in [-0.2, 0) is 4.79 Å². The number of rotatable bonds is 6. The van der Waals surface area contributed by atoms with E-state index >= 15 is 0 Å². The fourth-order valence-corrected chi connectivity index (χ4v) is 2.62. The summed E-state index contributed by atoms with van der Waals surface area (Å²) in [7, 11) is 1.57. The number of para-hydroxylation sites is 1. The third-order valence-electron chi connectivity index (χ3n) is 3.85. The zero-order valence-electron chi connectivity index (χ0n) is 15.1. The van der Waals surface area contributed by atoms with Crippen molar-refractivity contribution in [3.63, 3.8) is 0 Å². The van der Waals surface area contributed by atoms with Crippen LogP contribution in [0.25, 0.3) is 0 Å². The smallest absolute Gasteiger partial charge is 0.265 e. The maximum Gasteiger partial charge on any atom is 0.265 e. The number of nitrogens with zero attached hydrogens (tertiary/aromatic N) is 1. The van der Waals surface area contributed by atoms with Crippen molar-refractivity contribution < 1.29 is 14.3 Å². The Bertz CT molecular complexity index is 756. The van der Waals surface area contributed by atoms with Gasteiger partial charge in [-0.1, -0.05) is 24.3 Å². The monoisotopic (exact) mass is 340 g/mol. The van der Waals surface area contributed by atoms with Gasteiger partial charge in [-0.3, -0.25) is 9.59 Å². The Morgan fingerprint density at radius 1 is 1.12 bits per heavy atom. The Balaban J connectivity index is 2.12. The Labute approximate surface area is 148 Å². The minimum Gasteiger partial charge on any atom is -0.484 e. The summed E-state index contributed by atoms with van der Waals surface area (Å²) in [5.41, 5.74) is 2.41. The van der Waals surface area contributed by atoms with Crippen molar-refractivity contribution in [2.75, 3.05) is 18.6 Å². The molecule has 2 aromatic carbocycles. The van der Waals surface area contributed by atoms with Crippen molar-refractivity contribution in [2.45, 2.75) is 26.8 Å². The van der Waals surface area contributed by atoms with Gasteiger partial charge in [0.2, 0.25) is 0 Å². The van der Waals surface area contributed by atoms with Crippen LogP contribution in [-0.4, -0.2) is 31.5 Å². The lowest BCUT2D eigenvalue weighted by Crippen LogP contribution is -2.40. The van der Waals surface area contributed by atoms with Gasteiger partial charge in [0.15, 0.2) is 6.61 Å². The fourth-order valence-electron chi connectivity index (χ4n) is 2.62. The van der Waals surface area contributed by atoms with E-state index in [1.165, 1.54) is 0 Å². The van der Waals surface area contributed by atoms with Gasteiger partial charge in [-0.25, -0.2) is 0 Å². The number of benzene rings is 2. The average molecular weight is 340 g/mol. The van der Waals surface area contributed by atoms with E-state index in [-0.39, 0.29) is 24.5 Å². The molecule has 0 aliphatic heterocycles. The molecule has 0 spiro atoms. The van der Waals surface area contributed by atoms with Crippen LogP contribution in [0.3, 0.4) is 0 Å². The predicted octanol–water partition coefficient (Wildman–Crippen LogP) is 3.18. The Morgan fingerprint density at radius 2 is 1.84 bits per heavy atom. The van der Waals surface area contributed by atoms with Gasteiger partial charge < -0.3 is 15.0 Å². The molecular weight excluding hydrogens is 316 g/mol. The largest absolute Gasteiger partial charge is 0.484 e. The van der Waals surface area contributed by atoms with Gasteiger partial charge in [-0.05, 0) is 50.6 Å². The lowest BCUT2D eigenvalue weighted by Gasteiger charge is -2.28. The number of carbonyl (C=O) groups is 2. The van der Waals surface area contributed by atoms with Crippen molar-refractivity contribution in [2.24, 2.45) is 0 Å². The van der Waals surface area contributed by atoms with Crippen molar-refractivity contribution in [3.05, 3.63) is 59.7 Å². The third kappa shape index (κ3) is 4.59. The SMILES string of the molecule is CNC(=O)c1cccc(OCC(=O)N(c2ccccc2C)C(C)C)c1. The second-order valence-electron chi connectivity index (χ2n) is 6.04. The van der Waals surface area contributed by atoms with Crippen LogP contribution in [0.1, 0.15) is 29.8 Å². The molecule has 132 valence electrons. The molecule has 0 aliphatic carbocycles. The zero-order valence-corrected chi connectivity index (χ0v) is 15.1. The average Bonchev–Trinajstić information content (AvgIpc) is 2.61. The van der Waals surface area contributed by atoms with E-state index in [9.17, 15) is 9.59 Å². The van der Waals surface area contributed by atoms with E-state index in [2.05, 4.69) is 5.32 Å². The highest BCUT2D eigenvalue weighted by Crippen LogP contribution is 2.22. The standard InChI is InChI=1S/C20H24N2O3/c1-14(2)22(18-11-6-5-8-15(18)3)19(23)13-25-17-10-7-9-16(12-17)20(24)21-4/h5-12,14H,13H2,1-4H3,(H,21,24). The van der Waals surface area contributed by atoms with Gasteiger partial charge in [-0.15, -0.1) is 0 Å². The minimum atomic E-state index is -0.194. The molecule has 0 atom stereocenters. The molecular formula is C20H24N2O3. The van der Waals surface area contributed by atoms with Crippen molar-refractivity contribution in [1.29, 1.82) is 0 Å². The Hall–Kier alpha value is -2.82. The van der Waals surface area contributed by atoms with Gasteiger partial charge >= 0.3 is 0 Å². The van der Waals surface area contributed by atoms with Crippen LogP contribution in [0, 0.1) is 6.92 Å². The number of ether oxygens (including phenoxy) is 1. The lowest BCUT2D eigenvalue weighted by molar-refractivity contribution is -0.120. The van der Waals surface area contributed by atoms with E-state index in [0.29, 0.717) is 11.3 Å². The van der Waals surface area contributed by atoms with E-state index in [4.69, 9.17) is 4.74 Å². The quantitative estimate of drug-likeness (QED) is 0.879. The summed E-state index contributed by atoms with van der Waals surface area (Å²) in [6.45, 7) is 5.82. The first-order valence-corrected chi connectivity index (χ1v) is 8.26. The molecule has 5 heteroatoms. The molecule has 0 radical (unpaired) electrons. The lowest BCUT2D eigenvalue weighted by atomic mass is 10.1. The Morgan fingerprint density at radius 3 is 2.48 bits per heavy atom. The molecule has 0 aliphatic rings. The summed E-state index contributed by atoms with van der Waals surface area (Å²) >= 11 is 0. The molecule has 0 unspecified atom stereocenters. The first-order valence-electron chi connectivity index (χ1n) is 8.26. The third-order valence-corrected chi connectivity index (χ3v) is 3.85. The molecule has 2 rings (SSSR count). The van der Waals surface area contributed by atoms with Crippen LogP contribution < -0.4 is 15.0 Å². The van der Waals surface area contributed by atoms with E-state index in [0.717, 1.165) is 11.3 Å². The van der Waals surface area contributed by atoms with E-state index in [1.807, 2.05) is 45.0 Å². The molecule has 0 fully saturated rings. The van der Waals surface area contributed by atoms with Crippen LogP contribution in [0.2, 0.25) is 0 Å². The molecule has 0 saturated heterocycles. The summed E-state index contributed by atoms with van der Waals surface area (Å²) in [5, 5.41) is 2.56. The van der Waals surface area contributed by atoms with Crippen LogP contribution >= 0.6 is 0 Å². The summed E-state index contributed by atoms with van der Waals surface area (Å²) in [6.07, 6.45) is 0. The van der Waals surface area contributed by atoms with E-state index < -0.39 is 0 Å². The maximum absolute atomic E-state index is 12.7. The molecule has 25 heavy (non-hydrogen) atoms. The van der Waals surface area contributed by atoms with Crippen molar-refractivity contribution in [3.8, 4) is 5.75 Å². The number of amides is 2. The maximum atomic E-state index is 12.7. The van der Waals surface area contributed by atoms with Gasteiger partial charge in [0.05, 0.1) is 0 Å². The molecule has 0 bridgehead atoms. The van der Waals surface area contributed by atoms with Crippen molar-refractivity contribution >= 4 is 17.5 Å². The number of hydrogen-bond donors (Lipinski definition) is 1.